The van der Waals surface area contributed by atoms with Crippen LogP contribution < -0.4 is 5.32 Å². The number of hydrogen-bond acceptors (Lipinski definition) is 6. The molecule has 0 radical (unpaired) electrons. The molecule has 3 rings (SSSR count). The summed E-state index contributed by atoms with van der Waals surface area (Å²) in [6, 6.07) is 4.05. The lowest BCUT2D eigenvalue weighted by atomic mass is 10.2. The van der Waals surface area contributed by atoms with Crippen LogP contribution in [0.4, 0.5) is 15.9 Å². The molecular formula is C16H13ClFN3O2S. The molecule has 2 heterocycles. The number of fused-ring (bicyclic) bond motifs is 1. The number of carbonyl (C=O) groups excluding carboxylic acids is 1. The van der Waals surface area contributed by atoms with Crippen molar-refractivity contribution in [2.75, 3.05) is 11.9 Å². The fraction of sp³-hybridized carbons (Fsp3) is 0.188. The van der Waals surface area contributed by atoms with Crippen LogP contribution >= 0.6 is 22.9 Å². The first kappa shape index (κ1) is 16.6. The quantitative estimate of drug-likeness (QED) is 0.678. The number of rotatable bonds is 4. The molecule has 0 bridgehead atoms. The molecule has 0 unspecified atom stereocenters. The van der Waals surface area contributed by atoms with E-state index in [9.17, 15) is 9.18 Å². The lowest BCUT2D eigenvalue weighted by Gasteiger charge is -2.09. The van der Waals surface area contributed by atoms with Gasteiger partial charge in [0.15, 0.2) is 0 Å². The maximum absolute atomic E-state index is 13.2. The number of nitrogens with zero attached hydrogens (tertiary/aromatic N) is 2. The van der Waals surface area contributed by atoms with Gasteiger partial charge in [0.05, 0.1) is 22.7 Å². The van der Waals surface area contributed by atoms with Crippen LogP contribution in [0.25, 0.3) is 10.2 Å². The van der Waals surface area contributed by atoms with E-state index in [-0.39, 0.29) is 11.0 Å². The van der Waals surface area contributed by atoms with E-state index in [0.29, 0.717) is 33.2 Å². The summed E-state index contributed by atoms with van der Waals surface area (Å²) in [5.41, 5.74) is 1.25. The maximum Gasteiger partial charge on any atom is 0.348 e. The fourth-order valence-electron chi connectivity index (χ4n) is 2.28. The molecule has 3 aromatic rings. The number of carbonyl (C=O) groups is 1. The Balaban J connectivity index is 2.07. The summed E-state index contributed by atoms with van der Waals surface area (Å²) in [5.74, 6) is -0.309. The zero-order chi connectivity index (χ0) is 17.3. The molecule has 0 aliphatic rings. The van der Waals surface area contributed by atoms with Gasteiger partial charge in [-0.3, -0.25) is 0 Å². The third-order valence-electron chi connectivity index (χ3n) is 3.37. The monoisotopic (exact) mass is 365 g/mol. The van der Waals surface area contributed by atoms with E-state index >= 15 is 0 Å². The van der Waals surface area contributed by atoms with Gasteiger partial charge in [0, 0.05) is 0 Å². The Morgan fingerprint density at radius 3 is 2.92 bits per heavy atom. The predicted molar refractivity (Wildman–Crippen MR) is 92.8 cm³/mol. The summed E-state index contributed by atoms with van der Waals surface area (Å²) in [7, 11) is 0. The highest BCUT2D eigenvalue weighted by molar-refractivity contribution is 7.20. The number of aryl methyl sites for hydroxylation is 1. The van der Waals surface area contributed by atoms with Gasteiger partial charge >= 0.3 is 5.97 Å². The second-order valence-electron chi connectivity index (χ2n) is 4.93. The van der Waals surface area contributed by atoms with Crippen molar-refractivity contribution in [2.45, 2.75) is 13.8 Å². The van der Waals surface area contributed by atoms with Crippen molar-refractivity contribution >= 4 is 50.6 Å². The van der Waals surface area contributed by atoms with Crippen molar-refractivity contribution in [2.24, 2.45) is 0 Å². The van der Waals surface area contributed by atoms with Crippen molar-refractivity contribution in [1.82, 2.24) is 9.97 Å². The van der Waals surface area contributed by atoms with Gasteiger partial charge in [-0.25, -0.2) is 19.2 Å². The van der Waals surface area contributed by atoms with Crippen molar-refractivity contribution in [3.05, 3.63) is 45.8 Å². The highest BCUT2D eigenvalue weighted by atomic mass is 35.5. The molecule has 24 heavy (non-hydrogen) atoms. The largest absolute Gasteiger partial charge is 0.462 e. The Bertz CT molecular complexity index is 929. The molecule has 0 fully saturated rings. The summed E-state index contributed by atoms with van der Waals surface area (Å²) < 4.78 is 18.2. The van der Waals surface area contributed by atoms with Crippen LogP contribution in [0.2, 0.25) is 5.02 Å². The Labute approximate surface area is 146 Å². The number of nitrogens with one attached hydrogen (secondary N) is 1. The van der Waals surface area contributed by atoms with Crippen molar-refractivity contribution in [3.8, 4) is 0 Å². The van der Waals surface area contributed by atoms with E-state index in [0.717, 1.165) is 5.56 Å². The Morgan fingerprint density at radius 1 is 1.42 bits per heavy atom. The smallest absolute Gasteiger partial charge is 0.348 e. The molecule has 1 aromatic carbocycles. The van der Waals surface area contributed by atoms with Gasteiger partial charge in [-0.1, -0.05) is 11.6 Å². The fourth-order valence-corrected chi connectivity index (χ4v) is 3.53. The predicted octanol–water partition coefficient (Wildman–Crippen LogP) is 4.71. The van der Waals surface area contributed by atoms with Gasteiger partial charge in [0.1, 0.15) is 27.7 Å². The number of thiophene rings is 1. The summed E-state index contributed by atoms with van der Waals surface area (Å²) in [6.45, 7) is 3.87. The van der Waals surface area contributed by atoms with Crippen LogP contribution in [-0.2, 0) is 4.74 Å². The number of halogens is 2. The molecule has 124 valence electrons. The summed E-state index contributed by atoms with van der Waals surface area (Å²) in [5, 5.41) is 4.02. The SMILES string of the molecule is CCOC(=O)c1sc2ncnc(Nc3ccc(F)cc3Cl)c2c1C. The molecule has 5 nitrogen and oxygen atoms in total. The van der Waals surface area contributed by atoms with E-state index in [2.05, 4.69) is 15.3 Å². The molecule has 0 saturated carbocycles. The highest BCUT2D eigenvalue weighted by Gasteiger charge is 2.20. The van der Waals surface area contributed by atoms with E-state index in [4.69, 9.17) is 16.3 Å². The molecule has 0 spiro atoms. The summed E-state index contributed by atoms with van der Waals surface area (Å²) >= 11 is 7.29. The van der Waals surface area contributed by atoms with Crippen LogP contribution in [0, 0.1) is 12.7 Å². The molecule has 0 aliphatic heterocycles. The van der Waals surface area contributed by atoms with Crippen LogP contribution in [0.15, 0.2) is 24.5 Å². The zero-order valence-electron chi connectivity index (χ0n) is 12.9. The Hall–Kier alpha value is -2.25. The van der Waals surface area contributed by atoms with Gasteiger partial charge in [0.2, 0.25) is 0 Å². The van der Waals surface area contributed by atoms with Crippen LogP contribution in [0.3, 0.4) is 0 Å². The molecule has 1 N–H and O–H groups in total. The number of aromatic nitrogens is 2. The molecule has 0 amide bonds. The maximum atomic E-state index is 13.2. The third kappa shape index (κ3) is 3.05. The minimum Gasteiger partial charge on any atom is -0.462 e. The molecule has 8 heteroatoms. The first-order chi connectivity index (χ1) is 11.5. The number of ether oxygens (including phenoxy) is 1. The Morgan fingerprint density at radius 2 is 2.21 bits per heavy atom. The number of anilines is 2. The Kier molecular flexibility index (Phi) is 4.64. The molecule has 2 aromatic heterocycles. The van der Waals surface area contributed by atoms with Gasteiger partial charge in [-0.05, 0) is 37.6 Å². The van der Waals surface area contributed by atoms with E-state index in [1.54, 1.807) is 6.92 Å². The lowest BCUT2D eigenvalue weighted by molar-refractivity contribution is 0.0531. The van der Waals surface area contributed by atoms with Crippen molar-refractivity contribution < 1.29 is 13.9 Å². The second kappa shape index (κ2) is 6.70. The van der Waals surface area contributed by atoms with E-state index in [1.807, 2.05) is 6.92 Å². The minimum atomic E-state index is -0.422. The van der Waals surface area contributed by atoms with Gasteiger partial charge in [-0.2, -0.15) is 0 Å². The highest BCUT2D eigenvalue weighted by Crippen LogP contribution is 2.36. The molecule has 0 aliphatic carbocycles. The first-order valence-electron chi connectivity index (χ1n) is 7.14. The number of esters is 1. The average Bonchev–Trinajstić information content (AvgIpc) is 2.88. The first-order valence-corrected chi connectivity index (χ1v) is 8.34. The average molecular weight is 366 g/mol. The number of hydrogen-bond donors (Lipinski definition) is 1. The zero-order valence-corrected chi connectivity index (χ0v) is 14.5. The molecule has 0 atom stereocenters. The molecular weight excluding hydrogens is 353 g/mol. The van der Waals surface area contributed by atoms with Gasteiger partial charge in [-0.15, -0.1) is 11.3 Å². The minimum absolute atomic E-state index is 0.236. The second-order valence-corrected chi connectivity index (χ2v) is 6.33. The van der Waals surface area contributed by atoms with Crippen LogP contribution in [0.5, 0.6) is 0 Å². The summed E-state index contributed by atoms with van der Waals surface area (Å²) in [4.78, 5) is 21.6. The van der Waals surface area contributed by atoms with E-state index in [1.165, 1.54) is 35.9 Å². The van der Waals surface area contributed by atoms with Crippen LogP contribution in [0.1, 0.15) is 22.2 Å². The van der Waals surface area contributed by atoms with Crippen molar-refractivity contribution in [1.29, 1.82) is 0 Å². The van der Waals surface area contributed by atoms with Crippen molar-refractivity contribution in [3.63, 3.8) is 0 Å². The third-order valence-corrected chi connectivity index (χ3v) is 4.86. The lowest BCUT2D eigenvalue weighted by Crippen LogP contribution is -2.03. The topological polar surface area (TPSA) is 64.1 Å². The molecule has 0 saturated heterocycles. The van der Waals surface area contributed by atoms with Gasteiger partial charge < -0.3 is 10.1 Å². The number of benzene rings is 1. The van der Waals surface area contributed by atoms with Crippen LogP contribution in [-0.4, -0.2) is 22.5 Å². The van der Waals surface area contributed by atoms with E-state index < -0.39 is 5.82 Å². The standard InChI is InChI=1S/C16H13ClFN3O2S/c1-3-23-16(22)13-8(2)12-14(19-7-20-15(12)24-13)21-11-5-4-9(18)6-10(11)17/h4-7H,3H2,1-2H3,(H,19,20,21). The normalized spacial score (nSPS) is 10.8. The van der Waals surface area contributed by atoms with Gasteiger partial charge in [0.25, 0.3) is 0 Å². The summed E-state index contributed by atoms with van der Waals surface area (Å²) in [6.07, 6.45) is 1.40.